The van der Waals surface area contributed by atoms with Gasteiger partial charge in [0.25, 0.3) is 5.91 Å². The van der Waals surface area contributed by atoms with E-state index < -0.39 is 0 Å². The van der Waals surface area contributed by atoms with E-state index in [2.05, 4.69) is 15.2 Å². The molecule has 1 amide bonds. The molecule has 1 fully saturated rings. The largest absolute Gasteiger partial charge is 0.482 e. The summed E-state index contributed by atoms with van der Waals surface area (Å²) in [6, 6.07) is 3.54. The molecule has 6 nitrogen and oxygen atoms in total. The number of pyridine rings is 1. The van der Waals surface area contributed by atoms with Crippen LogP contribution in [0.2, 0.25) is 0 Å². The van der Waals surface area contributed by atoms with Gasteiger partial charge in [0.05, 0.1) is 19.4 Å². The molecule has 1 N–H and O–H groups in total. The third-order valence-electron chi connectivity index (χ3n) is 2.86. The van der Waals surface area contributed by atoms with Crippen molar-refractivity contribution in [3.8, 4) is 5.75 Å². The highest BCUT2D eigenvalue weighted by Crippen LogP contribution is 2.05. The Hall–Kier alpha value is -1.66. The van der Waals surface area contributed by atoms with Crippen LogP contribution in [0.15, 0.2) is 24.5 Å². The second-order valence-corrected chi connectivity index (χ2v) is 4.28. The number of ether oxygens (including phenoxy) is 2. The van der Waals surface area contributed by atoms with Crippen LogP contribution in [0, 0.1) is 0 Å². The van der Waals surface area contributed by atoms with Crippen molar-refractivity contribution >= 4 is 5.91 Å². The first-order valence-electron chi connectivity index (χ1n) is 6.44. The molecule has 1 saturated heterocycles. The van der Waals surface area contributed by atoms with E-state index >= 15 is 0 Å². The first-order chi connectivity index (χ1) is 9.34. The van der Waals surface area contributed by atoms with Gasteiger partial charge in [0.2, 0.25) is 0 Å². The summed E-state index contributed by atoms with van der Waals surface area (Å²) in [6.45, 7) is 4.92. The summed E-state index contributed by atoms with van der Waals surface area (Å²) >= 11 is 0. The molecule has 0 unspecified atom stereocenters. The van der Waals surface area contributed by atoms with Crippen LogP contribution in [-0.2, 0) is 9.53 Å². The van der Waals surface area contributed by atoms with Crippen LogP contribution in [0.4, 0.5) is 0 Å². The van der Waals surface area contributed by atoms with Gasteiger partial charge in [-0.1, -0.05) is 0 Å². The van der Waals surface area contributed by atoms with Crippen LogP contribution in [0.3, 0.4) is 0 Å². The van der Waals surface area contributed by atoms with Crippen molar-refractivity contribution in [3.63, 3.8) is 0 Å². The summed E-state index contributed by atoms with van der Waals surface area (Å²) in [6.07, 6.45) is 3.25. The quantitative estimate of drug-likeness (QED) is 0.779. The summed E-state index contributed by atoms with van der Waals surface area (Å²) < 4.78 is 10.6. The van der Waals surface area contributed by atoms with Gasteiger partial charge >= 0.3 is 0 Å². The molecule has 1 aliphatic heterocycles. The Balaban J connectivity index is 1.57. The van der Waals surface area contributed by atoms with Gasteiger partial charge in [-0.05, 0) is 12.1 Å². The van der Waals surface area contributed by atoms with E-state index in [1.165, 1.54) is 0 Å². The van der Waals surface area contributed by atoms with Crippen molar-refractivity contribution < 1.29 is 14.3 Å². The highest BCUT2D eigenvalue weighted by Gasteiger charge is 2.10. The molecule has 6 heteroatoms. The third kappa shape index (κ3) is 5.23. The average Bonchev–Trinajstić information content (AvgIpc) is 2.47. The fraction of sp³-hybridized carbons (Fsp3) is 0.538. The molecule has 2 heterocycles. The van der Waals surface area contributed by atoms with Crippen molar-refractivity contribution in [3.05, 3.63) is 24.5 Å². The molecular formula is C13H19N3O3. The van der Waals surface area contributed by atoms with Crippen molar-refractivity contribution in [2.24, 2.45) is 0 Å². The Morgan fingerprint density at radius 1 is 1.47 bits per heavy atom. The summed E-state index contributed by atoms with van der Waals surface area (Å²) in [5.74, 6) is 0.489. The number of morpholine rings is 1. The first-order valence-corrected chi connectivity index (χ1v) is 6.44. The Labute approximate surface area is 112 Å². The number of hydrogen-bond acceptors (Lipinski definition) is 5. The van der Waals surface area contributed by atoms with Gasteiger partial charge in [0, 0.05) is 32.4 Å². The van der Waals surface area contributed by atoms with Crippen molar-refractivity contribution in [2.75, 3.05) is 46.0 Å². The van der Waals surface area contributed by atoms with Crippen LogP contribution in [0.25, 0.3) is 0 Å². The van der Waals surface area contributed by atoms with Crippen LogP contribution in [0.5, 0.6) is 5.75 Å². The molecule has 1 aliphatic rings. The van der Waals surface area contributed by atoms with E-state index in [0.29, 0.717) is 12.3 Å². The normalized spacial score (nSPS) is 16.0. The minimum atomic E-state index is -0.114. The Bertz CT molecular complexity index is 380. The second kappa shape index (κ2) is 7.70. The topological polar surface area (TPSA) is 63.7 Å². The number of carbonyl (C=O) groups is 1. The maximum Gasteiger partial charge on any atom is 0.257 e. The minimum absolute atomic E-state index is 0.0226. The predicted octanol–water partition coefficient (Wildman–Crippen LogP) is -0.0912. The van der Waals surface area contributed by atoms with E-state index in [1.807, 2.05) is 0 Å². The van der Waals surface area contributed by atoms with Gasteiger partial charge in [0.1, 0.15) is 5.75 Å². The third-order valence-corrected chi connectivity index (χ3v) is 2.86. The molecule has 2 rings (SSSR count). The molecule has 0 bridgehead atoms. The molecule has 0 aromatic carbocycles. The highest BCUT2D eigenvalue weighted by atomic mass is 16.5. The van der Waals surface area contributed by atoms with Gasteiger partial charge < -0.3 is 14.8 Å². The van der Waals surface area contributed by atoms with Gasteiger partial charge in [-0.3, -0.25) is 14.7 Å². The number of nitrogens with zero attached hydrogens (tertiary/aromatic N) is 2. The van der Waals surface area contributed by atoms with Crippen LogP contribution < -0.4 is 10.1 Å². The molecule has 19 heavy (non-hydrogen) atoms. The zero-order valence-electron chi connectivity index (χ0n) is 10.9. The molecule has 0 spiro atoms. The van der Waals surface area contributed by atoms with Crippen LogP contribution >= 0.6 is 0 Å². The molecule has 0 saturated carbocycles. The maximum atomic E-state index is 11.6. The molecule has 0 atom stereocenters. The van der Waals surface area contributed by atoms with Gasteiger partial charge in [-0.25, -0.2) is 0 Å². The number of aromatic nitrogens is 1. The average molecular weight is 265 g/mol. The summed E-state index contributed by atoms with van der Waals surface area (Å²) in [7, 11) is 0. The van der Waals surface area contributed by atoms with Crippen molar-refractivity contribution in [1.29, 1.82) is 0 Å². The monoisotopic (exact) mass is 265 g/mol. The molecule has 0 radical (unpaired) electrons. The standard InChI is InChI=1S/C13H19N3O3/c17-13(11-19-12-2-1-3-14-10-12)15-4-5-16-6-8-18-9-7-16/h1-3,10H,4-9,11H2,(H,15,17). The Morgan fingerprint density at radius 3 is 3.05 bits per heavy atom. The maximum absolute atomic E-state index is 11.6. The molecule has 1 aromatic rings. The van der Waals surface area contributed by atoms with Gasteiger partial charge in [-0.2, -0.15) is 0 Å². The minimum Gasteiger partial charge on any atom is -0.482 e. The Kier molecular flexibility index (Phi) is 5.58. The first kappa shape index (κ1) is 13.8. The van der Waals surface area contributed by atoms with E-state index in [0.717, 1.165) is 32.8 Å². The van der Waals surface area contributed by atoms with Gasteiger partial charge in [-0.15, -0.1) is 0 Å². The smallest absolute Gasteiger partial charge is 0.257 e. The summed E-state index contributed by atoms with van der Waals surface area (Å²) in [5, 5.41) is 2.83. The predicted molar refractivity (Wildman–Crippen MR) is 70.0 cm³/mol. The highest BCUT2D eigenvalue weighted by molar-refractivity contribution is 5.77. The number of amides is 1. The lowest BCUT2D eigenvalue weighted by atomic mass is 10.4. The number of hydrogen-bond donors (Lipinski definition) is 1. The number of carbonyl (C=O) groups excluding carboxylic acids is 1. The second-order valence-electron chi connectivity index (χ2n) is 4.28. The zero-order valence-corrected chi connectivity index (χ0v) is 10.9. The van der Waals surface area contributed by atoms with E-state index in [1.54, 1.807) is 24.5 Å². The summed E-state index contributed by atoms with van der Waals surface area (Å²) in [5.41, 5.74) is 0. The van der Waals surface area contributed by atoms with E-state index in [-0.39, 0.29) is 12.5 Å². The van der Waals surface area contributed by atoms with Crippen LogP contribution in [-0.4, -0.2) is 61.8 Å². The fourth-order valence-electron chi connectivity index (χ4n) is 1.81. The van der Waals surface area contributed by atoms with Crippen LogP contribution in [0.1, 0.15) is 0 Å². The fourth-order valence-corrected chi connectivity index (χ4v) is 1.81. The number of rotatable bonds is 6. The summed E-state index contributed by atoms with van der Waals surface area (Å²) in [4.78, 5) is 17.7. The zero-order chi connectivity index (χ0) is 13.3. The Morgan fingerprint density at radius 2 is 2.32 bits per heavy atom. The molecule has 1 aromatic heterocycles. The van der Waals surface area contributed by atoms with Gasteiger partial charge in [0.15, 0.2) is 6.61 Å². The SMILES string of the molecule is O=C(COc1cccnc1)NCCN1CCOCC1. The molecule has 0 aliphatic carbocycles. The number of nitrogens with one attached hydrogen (secondary N) is 1. The lowest BCUT2D eigenvalue weighted by molar-refractivity contribution is -0.123. The molecule has 104 valence electrons. The van der Waals surface area contributed by atoms with Crippen molar-refractivity contribution in [1.82, 2.24) is 15.2 Å². The van der Waals surface area contributed by atoms with E-state index in [4.69, 9.17) is 9.47 Å². The van der Waals surface area contributed by atoms with E-state index in [9.17, 15) is 4.79 Å². The lowest BCUT2D eigenvalue weighted by Gasteiger charge is -2.26. The molecular weight excluding hydrogens is 246 g/mol. The van der Waals surface area contributed by atoms with Crippen molar-refractivity contribution in [2.45, 2.75) is 0 Å². The lowest BCUT2D eigenvalue weighted by Crippen LogP contribution is -2.42.